The van der Waals surface area contributed by atoms with Crippen LogP contribution in [-0.4, -0.2) is 12.2 Å². The van der Waals surface area contributed by atoms with Crippen molar-refractivity contribution in [1.82, 2.24) is 0 Å². The van der Waals surface area contributed by atoms with Crippen molar-refractivity contribution in [2.75, 3.05) is 0 Å². The highest BCUT2D eigenvalue weighted by Gasteiger charge is 2.00. The van der Waals surface area contributed by atoms with Crippen molar-refractivity contribution in [3.63, 3.8) is 0 Å². The van der Waals surface area contributed by atoms with Gasteiger partial charge in [0.2, 0.25) is 0 Å². The molecule has 0 aromatic heterocycles. The molecular weight excluding hydrogens is 244 g/mol. The molecule has 0 amide bonds. The maximum atomic E-state index is 10.8. The second-order valence-corrected chi connectivity index (χ2v) is 3.41. The maximum Gasteiger partial charge on any atom is 0.308 e. The predicted octanol–water partition coefficient (Wildman–Crippen LogP) is 1.25. The SMILES string of the molecule is CC(=O)Oc1cccc(C=N/C(C#N)=C(\N)C#N)c1. The number of benzene rings is 1. The van der Waals surface area contributed by atoms with Gasteiger partial charge in [-0.25, -0.2) is 4.99 Å². The van der Waals surface area contributed by atoms with Crippen molar-refractivity contribution in [3.8, 4) is 17.9 Å². The molecule has 0 unspecified atom stereocenters. The number of nitriles is 2. The third kappa shape index (κ3) is 4.33. The van der Waals surface area contributed by atoms with Gasteiger partial charge < -0.3 is 10.5 Å². The average molecular weight is 254 g/mol. The van der Waals surface area contributed by atoms with E-state index in [9.17, 15) is 4.79 Å². The smallest absolute Gasteiger partial charge is 0.308 e. The van der Waals surface area contributed by atoms with Gasteiger partial charge in [-0.2, -0.15) is 10.5 Å². The fraction of sp³-hybridized carbons (Fsp3) is 0.0769. The summed E-state index contributed by atoms with van der Waals surface area (Å²) in [5.41, 5.74) is 5.49. The highest BCUT2D eigenvalue weighted by molar-refractivity contribution is 5.82. The Morgan fingerprint density at radius 3 is 2.74 bits per heavy atom. The van der Waals surface area contributed by atoms with Gasteiger partial charge in [0.1, 0.15) is 23.6 Å². The van der Waals surface area contributed by atoms with Crippen molar-refractivity contribution in [1.29, 1.82) is 10.5 Å². The first-order chi connectivity index (χ1) is 9.06. The summed E-state index contributed by atoms with van der Waals surface area (Å²) in [4.78, 5) is 14.6. The number of aliphatic imine (C=N–C) groups is 1. The van der Waals surface area contributed by atoms with Crippen LogP contribution in [0.5, 0.6) is 5.75 Å². The summed E-state index contributed by atoms with van der Waals surface area (Å²) in [6.07, 6.45) is 1.36. The molecule has 0 aliphatic carbocycles. The quantitative estimate of drug-likeness (QED) is 0.377. The van der Waals surface area contributed by atoms with Crippen LogP contribution in [0, 0.1) is 22.7 Å². The minimum atomic E-state index is -0.430. The number of nitrogens with two attached hydrogens (primary N) is 1. The van der Waals surface area contributed by atoms with Gasteiger partial charge in [0.05, 0.1) is 0 Å². The lowest BCUT2D eigenvalue weighted by atomic mass is 10.2. The van der Waals surface area contributed by atoms with Crippen molar-refractivity contribution >= 4 is 12.2 Å². The normalized spacial score (nSPS) is 11.3. The van der Waals surface area contributed by atoms with Gasteiger partial charge in [0, 0.05) is 13.1 Å². The first-order valence-electron chi connectivity index (χ1n) is 5.19. The molecule has 19 heavy (non-hydrogen) atoms. The van der Waals surface area contributed by atoms with Crippen molar-refractivity contribution in [3.05, 3.63) is 41.2 Å². The van der Waals surface area contributed by atoms with Crippen LogP contribution in [0.25, 0.3) is 0 Å². The van der Waals surface area contributed by atoms with E-state index in [0.717, 1.165) is 0 Å². The predicted molar refractivity (Wildman–Crippen MR) is 67.8 cm³/mol. The highest BCUT2D eigenvalue weighted by atomic mass is 16.5. The van der Waals surface area contributed by atoms with Gasteiger partial charge in [0.25, 0.3) is 0 Å². The van der Waals surface area contributed by atoms with Gasteiger partial charge in [0.15, 0.2) is 5.70 Å². The Balaban J connectivity index is 2.98. The van der Waals surface area contributed by atoms with E-state index in [2.05, 4.69) is 4.99 Å². The zero-order valence-electron chi connectivity index (χ0n) is 10.1. The summed E-state index contributed by atoms with van der Waals surface area (Å²) in [7, 11) is 0. The number of allylic oxidation sites excluding steroid dienone is 2. The lowest BCUT2D eigenvalue weighted by Gasteiger charge is -2.01. The molecular formula is C13H10N4O2. The number of nitrogens with zero attached hydrogens (tertiary/aromatic N) is 3. The monoisotopic (exact) mass is 254 g/mol. The van der Waals surface area contributed by atoms with Crippen LogP contribution in [-0.2, 0) is 4.79 Å². The first kappa shape index (κ1) is 13.9. The largest absolute Gasteiger partial charge is 0.427 e. The maximum absolute atomic E-state index is 10.8. The Bertz CT molecular complexity index is 633. The van der Waals surface area contributed by atoms with E-state index in [4.69, 9.17) is 21.0 Å². The highest BCUT2D eigenvalue weighted by Crippen LogP contribution is 2.12. The van der Waals surface area contributed by atoms with Crippen molar-refractivity contribution in [2.45, 2.75) is 6.92 Å². The number of hydrogen-bond donors (Lipinski definition) is 1. The molecule has 0 spiro atoms. The van der Waals surface area contributed by atoms with Crippen LogP contribution in [0.2, 0.25) is 0 Å². The summed E-state index contributed by atoms with van der Waals surface area (Å²) in [6, 6.07) is 9.92. The van der Waals surface area contributed by atoms with E-state index in [1.807, 2.05) is 0 Å². The molecule has 0 bridgehead atoms. The molecule has 0 aliphatic rings. The molecule has 6 heteroatoms. The summed E-state index contributed by atoms with van der Waals surface area (Å²) in [5, 5.41) is 17.3. The summed E-state index contributed by atoms with van der Waals surface area (Å²) >= 11 is 0. The molecule has 1 aromatic rings. The molecule has 0 atom stereocenters. The fourth-order valence-electron chi connectivity index (χ4n) is 1.17. The minimum Gasteiger partial charge on any atom is -0.427 e. The van der Waals surface area contributed by atoms with E-state index in [0.29, 0.717) is 11.3 Å². The molecule has 0 aliphatic heterocycles. The number of carbonyl (C=O) groups is 1. The molecule has 6 nitrogen and oxygen atoms in total. The van der Waals surface area contributed by atoms with Crippen LogP contribution >= 0.6 is 0 Å². The first-order valence-corrected chi connectivity index (χ1v) is 5.19. The number of carbonyl (C=O) groups excluding carboxylic acids is 1. The number of esters is 1. The molecule has 0 fully saturated rings. The number of ether oxygens (including phenoxy) is 1. The molecule has 0 radical (unpaired) electrons. The van der Waals surface area contributed by atoms with E-state index < -0.39 is 5.97 Å². The van der Waals surface area contributed by atoms with Crippen molar-refractivity contribution < 1.29 is 9.53 Å². The molecule has 94 valence electrons. The summed E-state index contributed by atoms with van der Waals surface area (Å²) < 4.78 is 4.90. The third-order valence-corrected chi connectivity index (χ3v) is 1.94. The summed E-state index contributed by atoms with van der Waals surface area (Å²) in [6.45, 7) is 1.30. The Morgan fingerprint density at radius 1 is 1.42 bits per heavy atom. The van der Waals surface area contributed by atoms with E-state index in [-0.39, 0.29) is 11.4 Å². The average Bonchev–Trinajstić information content (AvgIpc) is 2.38. The van der Waals surface area contributed by atoms with Gasteiger partial charge in [-0.15, -0.1) is 0 Å². The van der Waals surface area contributed by atoms with Gasteiger partial charge in [-0.05, 0) is 17.7 Å². The van der Waals surface area contributed by atoms with Gasteiger partial charge in [-0.1, -0.05) is 12.1 Å². The molecule has 1 rings (SSSR count). The van der Waals surface area contributed by atoms with Gasteiger partial charge >= 0.3 is 5.97 Å². The Hall–Kier alpha value is -3.12. The lowest BCUT2D eigenvalue weighted by molar-refractivity contribution is -0.131. The Labute approximate surface area is 110 Å². The lowest BCUT2D eigenvalue weighted by Crippen LogP contribution is -2.01. The Morgan fingerprint density at radius 2 is 2.16 bits per heavy atom. The zero-order valence-corrected chi connectivity index (χ0v) is 10.1. The second kappa shape index (κ2) is 6.58. The zero-order chi connectivity index (χ0) is 14.3. The van der Waals surface area contributed by atoms with E-state index in [1.54, 1.807) is 36.4 Å². The van der Waals surface area contributed by atoms with Crippen LogP contribution in [0.15, 0.2) is 40.7 Å². The fourth-order valence-corrected chi connectivity index (χ4v) is 1.17. The topological polar surface area (TPSA) is 112 Å². The third-order valence-electron chi connectivity index (χ3n) is 1.94. The van der Waals surface area contributed by atoms with Crippen LogP contribution in [0.1, 0.15) is 12.5 Å². The van der Waals surface area contributed by atoms with E-state index >= 15 is 0 Å². The van der Waals surface area contributed by atoms with Gasteiger partial charge in [-0.3, -0.25) is 4.79 Å². The minimum absolute atomic E-state index is 0.166. The van der Waals surface area contributed by atoms with Crippen molar-refractivity contribution in [2.24, 2.45) is 10.7 Å². The molecule has 0 heterocycles. The van der Waals surface area contributed by atoms with Crippen LogP contribution < -0.4 is 10.5 Å². The van der Waals surface area contributed by atoms with Crippen LogP contribution in [0.4, 0.5) is 0 Å². The number of hydrogen-bond acceptors (Lipinski definition) is 6. The molecule has 2 N–H and O–H groups in total. The number of rotatable bonds is 3. The molecule has 0 saturated heterocycles. The Kier molecular flexibility index (Phi) is 4.83. The second-order valence-electron chi connectivity index (χ2n) is 3.41. The molecule has 0 saturated carbocycles. The molecule has 1 aromatic carbocycles. The summed E-state index contributed by atoms with van der Waals surface area (Å²) in [5.74, 6) is -0.0624. The standard InChI is InChI=1S/C13H10N4O2/c1-9(18)19-11-4-2-3-10(5-11)8-17-13(7-15)12(16)6-14/h2-5,8H,16H2,1H3/b13-12-,17-8?. The van der Waals surface area contributed by atoms with Crippen LogP contribution in [0.3, 0.4) is 0 Å². The van der Waals surface area contributed by atoms with E-state index in [1.165, 1.54) is 13.1 Å².